The first-order valence-corrected chi connectivity index (χ1v) is 8.01. The van der Waals surface area contributed by atoms with Gasteiger partial charge in [-0.15, -0.1) is 11.8 Å². The number of carbonyl (C=O) groups is 2. The molecule has 0 radical (unpaired) electrons. The molecule has 2 rings (SSSR count). The highest BCUT2D eigenvalue weighted by molar-refractivity contribution is 7.98. The number of carbonyl (C=O) groups excluding carboxylic acids is 2. The second kappa shape index (κ2) is 5.63. The summed E-state index contributed by atoms with van der Waals surface area (Å²) in [5.74, 6) is 0.319. The van der Waals surface area contributed by atoms with Crippen LogP contribution in [-0.4, -0.2) is 51.6 Å². The van der Waals surface area contributed by atoms with Crippen molar-refractivity contribution in [2.24, 2.45) is 0 Å². The lowest BCUT2D eigenvalue weighted by Gasteiger charge is -2.41. The van der Waals surface area contributed by atoms with E-state index in [9.17, 15) is 9.59 Å². The second-order valence-electron chi connectivity index (χ2n) is 5.51. The lowest BCUT2D eigenvalue weighted by atomic mass is 9.97. The summed E-state index contributed by atoms with van der Waals surface area (Å²) in [7, 11) is 0. The van der Waals surface area contributed by atoms with E-state index in [-0.39, 0.29) is 11.8 Å². The maximum absolute atomic E-state index is 12.9. The number of piperazine rings is 1. The average Bonchev–Trinajstić information content (AvgIpc) is 2.40. The van der Waals surface area contributed by atoms with Crippen molar-refractivity contribution in [3.8, 4) is 0 Å². The number of aryl methyl sites for hydroxylation is 2. The molecule has 7 heteroatoms. The fourth-order valence-electron chi connectivity index (χ4n) is 2.47. The highest BCUT2D eigenvalue weighted by Crippen LogP contribution is 2.26. The molecule has 1 aliphatic heterocycles. The molecule has 6 nitrogen and oxygen atoms in total. The van der Waals surface area contributed by atoms with Crippen molar-refractivity contribution in [2.45, 2.75) is 38.3 Å². The standard InChI is InChI=1S/C14H20N4O2S/c1-8-10(11(21-5)17-9(2)16-8)12(19)18-7-6-15-13(20)14(18,3)4/h6-7H2,1-5H3,(H,15,20). The largest absolute Gasteiger partial charge is 0.352 e. The summed E-state index contributed by atoms with van der Waals surface area (Å²) >= 11 is 1.42. The Labute approximate surface area is 128 Å². The number of hydrogen-bond acceptors (Lipinski definition) is 5. The second-order valence-corrected chi connectivity index (χ2v) is 6.31. The molecule has 0 spiro atoms. The van der Waals surface area contributed by atoms with Crippen LogP contribution in [0.4, 0.5) is 0 Å². The van der Waals surface area contributed by atoms with E-state index in [1.807, 2.05) is 6.26 Å². The van der Waals surface area contributed by atoms with Gasteiger partial charge in [0.25, 0.3) is 5.91 Å². The summed E-state index contributed by atoms with van der Waals surface area (Å²) in [6, 6.07) is 0. The molecule has 1 saturated heterocycles. The summed E-state index contributed by atoms with van der Waals surface area (Å²) < 4.78 is 0. The van der Waals surface area contributed by atoms with Gasteiger partial charge in [0, 0.05) is 13.1 Å². The van der Waals surface area contributed by atoms with Crippen LogP contribution in [0.1, 0.15) is 35.7 Å². The molecule has 0 aromatic carbocycles. The van der Waals surface area contributed by atoms with Gasteiger partial charge in [-0.3, -0.25) is 9.59 Å². The van der Waals surface area contributed by atoms with E-state index >= 15 is 0 Å². The Kier molecular flexibility index (Phi) is 4.22. The van der Waals surface area contributed by atoms with Crippen LogP contribution >= 0.6 is 11.8 Å². The van der Waals surface area contributed by atoms with Gasteiger partial charge in [0.1, 0.15) is 16.4 Å². The topological polar surface area (TPSA) is 75.2 Å². The monoisotopic (exact) mass is 308 g/mol. The summed E-state index contributed by atoms with van der Waals surface area (Å²) in [5.41, 5.74) is 0.275. The summed E-state index contributed by atoms with van der Waals surface area (Å²) in [4.78, 5) is 35.2. The van der Waals surface area contributed by atoms with E-state index in [0.29, 0.717) is 35.2 Å². The van der Waals surface area contributed by atoms with Gasteiger partial charge >= 0.3 is 0 Å². The van der Waals surface area contributed by atoms with Gasteiger partial charge in [0.2, 0.25) is 5.91 Å². The minimum absolute atomic E-state index is 0.140. The average molecular weight is 308 g/mol. The van der Waals surface area contributed by atoms with E-state index in [0.717, 1.165) is 0 Å². The van der Waals surface area contributed by atoms with Crippen LogP contribution in [0.5, 0.6) is 0 Å². The van der Waals surface area contributed by atoms with E-state index < -0.39 is 5.54 Å². The highest BCUT2D eigenvalue weighted by Gasteiger charge is 2.41. The molecular formula is C14H20N4O2S. The van der Waals surface area contributed by atoms with Gasteiger partial charge in [-0.05, 0) is 34.0 Å². The molecule has 0 saturated carbocycles. The third-order valence-electron chi connectivity index (χ3n) is 3.67. The van der Waals surface area contributed by atoms with Crippen LogP contribution in [0.15, 0.2) is 5.03 Å². The van der Waals surface area contributed by atoms with E-state index in [4.69, 9.17) is 0 Å². The molecule has 1 aliphatic rings. The lowest BCUT2D eigenvalue weighted by Crippen LogP contribution is -2.63. The minimum atomic E-state index is -0.873. The molecule has 1 fully saturated rings. The molecule has 2 heterocycles. The highest BCUT2D eigenvalue weighted by atomic mass is 32.2. The van der Waals surface area contributed by atoms with Crippen LogP contribution in [0, 0.1) is 13.8 Å². The van der Waals surface area contributed by atoms with Gasteiger partial charge in [0.05, 0.1) is 11.3 Å². The molecule has 1 aromatic rings. The quantitative estimate of drug-likeness (QED) is 0.655. The zero-order valence-electron chi connectivity index (χ0n) is 13.0. The van der Waals surface area contributed by atoms with Gasteiger partial charge in [-0.1, -0.05) is 0 Å². The molecule has 1 N–H and O–H groups in total. The summed E-state index contributed by atoms with van der Waals surface area (Å²) in [5, 5.41) is 3.45. The number of nitrogens with one attached hydrogen (secondary N) is 1. The fraction of sp³-hybridized carbons (Fsp3) is 0.571. The Morgan fingerprint density at radius 2 is 2.00 bits per heavy atom. The van der Waals surface area contributed by atoms with Crippen LogP contribution in [0.25, 0.3) is 0 Å². The third kappa shape index (κ3) is 2.74. The first-order valence-electron chi connectivity index (χ1n) is 6.78. The number of nitrogens with zero attached hydrogens (tertiary/aromatic N) is 3. The van der Waals surface area contributed by atoms with Crippen molar-refractivity contribution in [3.05, 3.63) is 17.1 Å². The number of thioether (sulfide) groups is 1. The number of aromatic nitrogens is 2. The molecular weight excluding hydrogens is 288 g/mol. The molecule has 114 valence electrons. The number of hydrogen-bond donors (Lipinski definition) is 1. The summed E-state index contributed by atoms with van der Waals surface area (Å²) in [6.07, 6.45) is 1.88. The van der Waals surface area contributed by atoms with Crippen molar-refractivity contribution in [3.63, 3.8) is 0 Å². The minimum Gasteiger partial charge on any atom is -0.352 e. The van der Waals surface area contributed by atoms with E-state index in [1.165, 1.54) is 11.8 Å². The Hall–Kier alpha value is -1.63. The molecule has 0 aliphatic carbocycles. The van der Waals surface area contributed by atoms with Crippen LogP contribution in [0.3, 0.4) is 0 Å². The van der Waals surface area contributed by atoms with Crippen molar-refractivity contribution < 1.29 is 9.59 Å². The SMILES string of the molecule is CSc1nc(C)nc(C)c1C(=O)N1CCNC(=O)C1(C)C. The smallest absolute Gasteiger partial charge is 0.259 e. The van der Waals surface area contributed by atoms with Crippen LogP contribution in [0.2, 0.25) is 0 Å². The number of rotatable bonds is 2. The van der Waals surface area contributed by atoms with E-state index in [2.05, 4.69) is 15.3 Å². The Morgan fingerprint density at radius 1 is 1.33 bits per heavy atom. The molecule has 2 amide bonds. The molecule has 21 heavy (non-hydrogen) atoms. The normalized spacial score (nSPS) is 17.6. The predicted octanol–water partition coefficient (Wildman–Crippen LogP) is 1.17. The summed E-state index contributed by atoms with van der Waals surface area (Å²) in [6.45, 7) is 8.07. The van der Waals surface area contributed by atoms with Gasteiger partial charge in [-0.2, -0.15) is 0 Å². The Morgan fingerprint density at radius 3 is 2.62 bits per heavy atom. The van der Waals surface area contributed by atoms with Crippen molar-refractivity contribution in [2.75, 3.05) is 19.3 Å². The van der Waals surface area contributed by atoms with Crippen molar-refractivity contribution >= 4 is 23.6 Å². The zero-order valence-corrected chi connectivity index (χ0v) is 13.8. The molecule has 0 atom stereocenters. The van der Waals surface area contributed by atoms with Crippen molar-refractivity contribution in [1.29, 1.82) is 0 Å². The predicted molar refractivity (Wildman–Crippen MR) is 81.4 cm³/mol. The molecule has 0 unspecified atom stereocenters. The maximum atomic E-state index is 12.9. The van der Waals surface area contributed by atoms with Crippen LogP contribution in [-0.2, 0) is 4.79 Å². The number of amides is 2. The first-order chi connectivity index (χ1) is 9.78. The van der Waals surface area contributed by atoms with Gasteiger partial charge in [0.15, 0.2) is 0 Å². The van der Waals surface area contributed by atoms with Crippen molar-refractivity contribution in [1.82, 2.24) is 20.2 Å². The first kappa shape index (κ1) is 15.8. The van der Waals surface area contributed by atoms with Gasteiger partial charge in [-0.25, -0.2) is 9.97 Å². The van der Waals surface area contributed by atoms with Crippen LogP contribution < -0.4 is 5.32 Å². The Balaban J connectivity index is 2.47. The van der Waals surface area contributed by atoms with Gasteiger partial charge < -0.3 is 10.2 Å². The van der Waals surface area contributed by atoms with E-state index in [1.54, 1.807) is 32.6 Å². The Bertz CT molecular complexity index is 601. The zero-order chi connectivity index (χ0) is 15.8. The molecule has 1 aromatic heterocycles. The lowest BCUT2D eigenvalue weighted by molar-refractivity contribution is -0.133. The molecule has 0 bridgehead atoms. The third-order valence-corrected chi connectivity index (χ3v) is 4.35. The fourth-order valence-corrected chi connectivity index (χ4v) is 3.13. The maximum Gasteiger partial charge on any atom is 0.259 e.